The molecule has 1 saturated heterocycles. The minimum absolute atomic E-state index is 0.330. The Bertz CT molecular complexity index is 1090. The number of aromatic nitrogens is 3. The molecule has 1 aliphatic heterocycles. The number of fused-ring (bicyclic) bond motifs is 2. The van der Waals surface area contributed by atoms with Gasteiger partial charge in [0.05, 0.1) is 29.7 Å². The van der Waals surface area contributed by atoms with Crippen LogP contribution in [0.5, 0.6) is 0 Å². The summed E-state index contributed by atoms with van der Waals surface area (Å²) in [5.74, 6) is 1.22. The zero-order valence-electron chi connectivity index (χ0n) is 20.2. The Morgan fingerprint density at radius 2 is 1.97 bits per heavy atom. The predicted molar refractivity (Wildman–Crippen MR) is 132 cm³/mol. The van der Waals surface area contributed by atoms with Crippen molar-refractivity contribution in [3.8, 4) is 0 Å². The molecule has 0 radical (unpaired) electrons. The monoisotopic (exact) mass is 448 g/mol. The van der Waals surface area contributed by atoms with Crippen molar-refractivity contribution in [3.63, 3.8) is 0 Å². The molecule has 0 amide bonds. The number of hydrogen-bond acceptors (Lipinski definition) is 6. The van der Waals surface area contributed by atoms with E-state index < -0.39 is 0 Å². The van der Waals surface area contributed by atoms with E-state index in [1.165, 1.54) is 29.2 Å². The van der Waals surface area contributed by atoms with Gasteiger partial charge >= 0.3 is 0 Å². The maximum absolute atomic E-state index is 5.95. The highest BCUT2D eigenvalue weighted by molar-refractivity contribution is 5.55. The van der Waals surface area contributed by atoms with Crippen molar-refractivity contribution >= 4 is 11.5 Å². The molecule has 7 heteroatoms. The molecule has 1 atom stereocenters. The smallest absolute Gasteiger partial charge is 0.138 e. The van der Waals surface area contributed by atoms with Crippen LogP contribution >= 0.6 is 0 Å². The lowest BCUT2D eigenvalue weighted by molar-refractivity contribution is 0.128. The second kappa shape index (κ2) is 9.79. The highest BCUT2D eigenvalue weighted by atomic mass is 16.5. The number of likely N-dealkylation sites (N-methyl/N-ethyl adjacent to an activating group) is 1. The van der Waals surface area contributed by atoms with Gasteiger partial charge in [-0.3, -0.25) is 14.3 Å². The summed E-state index contributed by atoms with van der Waals surface area (Å²) in [5, 5.41) is 0. The number of ether oxygens (including phenoxy) is 1. The SMILES string of the molecule is CCOCc1c(CN(C)[C@H]2CCCc3cccnc32)nc2cccc(N3CCN(C)CC3)n12. The Balaban J connectivity index is 1.48. The average molecular weight is 449 g/mol. The summed E-state index contributed by atoms with van der Waals surface area (Å²) in [5.41, 5.74) is 5.91. The Morgan fingerprint density at radius 3 is 2.79 bits per heavy atom. The van der Waals surface area contributed by atoms with E-state index in [0.29, 0.717) is 19.3 Å². The second-order valence-corrected chi connectivity index (χ2v) is 9.38. The normalized spacial score (nSPS) is 19.4. The van der Waals surface area contributed by atoms with Gasteiger partial charge < -0.3 is 14.5 Å². The summed E-state index contributed by atoms with van der Waals surface area (Å²) < 4.78 is 8.28. The standard InChI is InChI=1S/C26H36N6O/c1-4-33-19-23-21(18-30(3)22-10-5-8-20-9-7-13-27-26(20)22)28-24-11-6-12-25(32(23)24)31-16-14-29(2)15-17-31/h6-7,9,11-13,22H,4-5,8,10,14-19H2,1-3H3/t22-/m0/s1. The molecular formula is C26H36N6O. The van der Waals surface area contributed by atoms with Crippen LogP contribution in [0, 0.1) is 0 Å². The van der Waals surface area contributed by atoms with Gasteiger partial charge in [0, 0.05) is 45.5 Å². The zero-order valence-corrected chi connectivity index (χ0v) is 20.2. The number of nitrogens with zero attached hydrogens (tertiary/aromatic N) is 6. The summed E-state index contributed by atoms with van der Waals surface area (Å²) in [6, 6.07) is 11.1. The van der Waals surface area contributed by atoms with Crippen molar-refractivity contribution in [2.75, 3.05) is 51.8 Å². The van der Waals surface area contributed by atoms with Crippen LogP contribution in [0.2, 0.25) is 0 Å². The van der Waals surface area contributed by atoms with Crippen molar-refractivity contribution in [2.45, 2.75) is 45.4 Å². The molecule has 0 N–H and O–H groups in total. The van der Waals surface area contributed by atoms with Crippen molar-refractivity contribution in [1.29, 1.82) is 0 Å². The molecule has 3 aromatic heterocycles. The number of imidazole rings is 1. The van der Waals surface area contributed by atoms with E-state index in [1.807, 2.05) is 6.20 Å². The molecule has 7 nitrogen and oxygen atoms in total. The van der Waals surface area contributed by atoms with Crippen LogP contribution in [0.25, 0.3) is 5.65 Å². The van der Waals surface area contributed by atoms with Crippen LogP contribution in [-0.2, 0) is 24.3 Å². The zero-order chi connectivity index (χ0) is 22.8. The van der Waals surface area contributed by atoms with Gasteiger partial charge in [0.2, 0.25) is 0 Å². The van der Waals surface area contributed by atoms with Gasteiger partial charge in [-0.2, -0.15) is 0 Å². The van der Waals surface area contributed by atoms with E-state index in [1.54, 1.807) is 0 Å². The third kappa shape index (κ3) is 4.50. The molecule has 0 aromatic carbocycles. The molecule has 33 heavy (non-hydrogen) atoms. The first-order valence-corrected chi connectivity index (χ1v) is 12.3. The molecule has 5 rings (SSSR count). The molecule has 0 bridgehead atoms. The van der Waals surface area contributed by atoms with Gasteiger partial charge in [0.1, 0.15) is 11.5 Å². The van der Waals surface area contributed by atoms with Crippen LogP contribution in [0.15, 0.2) is 36.5 Å². The maximum Gasteiger partial charge on any atom is 0.138 e. The van der Waals surface area contributed by atoms with Crippen LogP contribution in [0.3, 0.4) is 0 Å². The van der Waals surface area contributed by atoms with E-state index in [0.717, 1.165) is 56.9 Å². The van der Waals surface area contributed by atoms with Crippen LogP contribution in [0.1, 0.15) is 48.5 Å². The number of pyridine rings is 2. The van der Waals surface area contributed by atoms with Crippen molar-refractivity contribution < 1.29 is 4.74 Å². The lowest BCUT2D eigenvalue weighted by Crippen LogP contribution is -2.45. The van der Waals surface area contributed by atoms with Crippen molar-refractivity contribution in [1.82, 2.24) is 24.2 Å². The molecule has 2 aliphatic rings. The van der Waals surface area contributed by atoms with Crippen LogP contribution < -0.4 is 4.90 Å². The molecule has 3 aromatic rings. The van der Waals surface area contributed by atoms with Crippen LogP contribution in [-0.4, -0.2) is 71.0 Å². The van der Waals surface area contributed by atoms with E-state index in [4.69, 9.17) is 14.7 Å². The lowest BCUT2D eigenvalue weighted by Gasteiger charge is -2.34. The Labute approximate surface area is 197 Å². The number of rotatable bonds is 7. The molecule has 0 saturated carbocycles. The predicted octanol–water partition coefficient (Wildman–Crippen LogP) is 3.53. The van der Waals surface area contributed by atoms with E-state index in [-0.39, 0.29) is 0 Å². The fourth-order valence-corrected chi connectivity index (χ4v) is 5.30. The summed E-state index contributed by atoms with van der Waals surface area (Å²) >= 11 is 0. The van der Waals surface area contributed by atoms with E-state index in [9.17, 15) is 0 Å². The molecule has 4 heterocycles. The first kappa shape index (κ1) is 22.3. The van der Waals surface area contributed by atoms with E-state index >= 15 is 0 Å². The number of aryl methyl sites for hydroxylation is 1. The third-order valence-corrected chi connectivity index (χ3v) is 7.17. The topological polar surface area (TPSA) is 49.1 Å². The van der Waals surface area contributed by atoms with Gasteiger partial charge in [0.25, 0.3) is 0 Å². The first-order valence-electron chi connectivity index (χ1n) is 12.3. The quantitative estimate of drug-likeness (QED) is 0.551. The minimum atomic E-state index is 0.330. The number of hydrogen-bond donors (Lipinski definition) is 0. The van der Waals surface area contributed by atoms with Crippen molar-refractivity contribution in [3.05, 3.63) is 59.2 Å². The number of piperazine rings is 1. The minimum Gasteiger partial charge on any atom is -0.375 e. The molecule has 1 aliphatic carbocycles. The third-order valence-electron chi connectivity index (χ3n) is 7.17. The van der Waals surface area contributed by atoms with Gasteiger partial charge in [-0.15, -0.1) is 0 Å². The van der Waals surface area contributed by atoms with Crippen molar-refractivity contribution in [2.24, 2.45) is 0 Å². The second-order valence-electron chi connectivity index (χ2n) is 9.38. The van der Waals surface area contributed by atoms with Gasteiger partial charge in [-0.25, -0.2) is 4.98 Å². The molecule has 0 unspecified atom stereocenters. The molecule has 0 spiro atoms. The summed E-state index contributed by atoms with van der Waals surface area (Å²) in [7, 11) is 4.41. The van der Waals surface area contributed by atoms with Crippen LogP contribution in [0.4, 0.5) is 5.82 Å². The molecule has 176 valence electrons. The largest absolute Gasteiger partial charge is 0.375 e. The Hall–Kier alpha value is -2.48. The highest BCUT2D eigenvalue weighted by Gasteiger charge is 2.27. The average Bonchev–Trinajstić information content (AvgIpc) is 3.19. The molecular weight excluding hydrogens is 412 g/mol. The summed E-state index contributed by atoms with van der Waals surface area (Å²) in [6.07, 6.45) is 5.41. The van der Waals surface area contributed by atoms with E-state index in [2.05, 4.69) is 70.5 Å². The molecule has 1 fully saturated rings. The first-order chi connectivity index (χ1) is 16.2. The Kier molecular flexibility index (Phi) is 6.62. The maximum atomic E-state index is 5.95. The summed E-state index contributed by atoms with van der Waals surface area (Å²) in [4.78, 5) is 17.2. The van der Waals surface area contributed by atoms with Gasteiger partial charge in [-0.1, -0.05) is 12.1 Å². The Morgan fingerprint density at radius 1 is 1.12 bits per heavy atom. The lowest BCUT2D eigenvalue weighted by atomic mass is 9.91. The highest BCUT2D eigenvalue weighted by Crippen LogP contribution is 2.33. The van der Waals surface area contributed by atoms with Gasteiger partial charge in [-0.05, 0) is 64.0 Å². The fraction of sp³-hybridized carbons (Fsp3) is 0.538. The van der Waals surface area contributed by atoms with Gasteiger partial charge in [0.15, 0.2) is 0 Å². The number of anilines is 1. The fourth-order valence-electron chi connectivity index (χ4n) is 5.30. The summed E-state index contributed by atoms with van der Waals surface area (Å²) in [6.45, 7) is 8.33.